The van der Waals surface area contributed by atoms with Crippen molar-refractivity contribution in [2.24, 2.45) is 0 Å². The second-order valence-corrected chi connectivity index (χ2v) is 4.85. The van der Waals surface area contributed by atoms with Crippen molar-refractivity contribution in [3.8, 4) is 0 Å². The monoisotopic (exact) mass is 290 g/mol. The zero-order valence-corrected chi connectivity index (χ0v) is 12.4. The molecule has 112 valence electrons. The van der Waals surface area contributed by atoms with Crippen LogP contribution in [0.3, 0.4) is 0 Å². The largest absolute Gasteiger partial charge is 0.381 e. The molecule has 0 saturated carbocycles. The Morgan fingerprint density at radius 3 is 2.00 bits per heavy atom. The fourth-order valence-electron chi connectivity index (χ4n) is 2.30. The highest BCUT2D eigenvalue weighted by molar-refractivity contribution is 5.55. The Labute approximate surface area is 124 Å². The fraction of sp³-hybridized carbons (Fsp3) is 0.294. The van der Waals surface area contributed by atoms with Gasteiger partial charge in [0.15, 0.2) is 0 Å². The molecule has 0 spiro atoms. The Bertz CT molecular complexity index is 558. The summed E-state index contributed by atoms with van der Waals surface area (Å²) in [5.74, 6) is -1.10. The third-order valence-corrected chi connectivity index (χ3v) is 3.41. The molecule has 0 aliphatic carbocycles. The third-order valence-electron chi connectivity index (χ3n) is 3.41. The first-order chi connectivity index (χ1) is 10.1. The molecule has 0 unspecified atom stereocenters. The molecule has 0 aliphatic heterocycles. The normalized spacial score (nSPS) is 10.5. The SMILES string of the molecule is CCN(CC)c1ccc(NCc2cc(F)cc(F)c2)cc1. The number of rotatable bonds is 6. The van der Waals surface area contributed by atoms with E-state index in [4.69, 9.17) is 0 Å². The van der Waals surface area contributed by atoms with Gasteiger partial charge in [-0.15, -0.1) is 0 Å². The third kappa shape index (κ3) is 4.18. The van der Waals surface area contributed by atoms with Crippen molar-refractivity contribution in [1.82, 2.24) is 0 Å². The van der Waals surface area contributed by atoms with E-state index >= 15 is 0 Å². The lowest BCUT2D eigenvalue weighted by Crippen LogP contribution is -2.21. The highest BCUT2D eigenvalue weighted by atomic mass is 19.1. The van der Waals surface area contributed by atoms with Crippen LogP contribution >= 0.6 is 0 Å². The molecule has 0 aromatic heterocycles. The van der Waals surface area contributed by atoms with Crippen LogP contribution in [-0.2, 0) is 6.54 Å². The molecular weight excluding hydrogens is 270 g/mol. The number of halogens is 2. The van der Waals surface area contributed by atoms with Gasteiger partial charge in [-0.2, -0.15) is 0 Å². The number of benzene rings is 2. The van der Waals surface area contributed by atoms with E-state index in [1.807, 2.05) is 24.3 Å². The molecule has 21 heavy (non-hydrogen) atoms. The smallest absolute Gasteiger partial charge is 0.126 e. The highest BCUT2D eigenvalue weighted by Crippen LogP contribution is 2.18. The van der Waals surface area contributed by atoms with Crippen molar-refractivity contribution in [2.75, 3.05) is 23.3 Å². The minimum Gasteiger partial charge on any atom is -0.381 e. The average molecular weight is 290 g/mol. The lowest BCUT2D eigenvalue weighted by atomic mass is 10.2. The summed E-state index contributed by atoms with van der Waals surface area (Å²) in [4.78, 5) is 2.26. The van der Waals surface area contributed by atoms with Crippen LogP contribution in [0.4, 0.5) is 20.2 Å². The van der Waals surface area contributed by atoms with Crippen molar-refractivity contribution in [3.63, 3.8) is 0 Å². The van der Waals surface area contributed by atoms with Crippen LogP contribution in [0.15, 0.2) is 42.5 Å². The Morgan fingerprint density at radius 2 is 1.48 bits per heavy atom. The summed E-state index contributed by atoms with van der Waals surface area (Å²) >= 11 is 0. The average Bonchev–Trinajstić information content (AvgIpc) is 2.47. The van der Waals surface area contributed by atoms with Crippen LogP contribution in [0.5, 0.6) is 0 Å². The van der Waals surface area contributed by atoms with Crippen molar-refractivity contribution in [2.45, 2.75) is 20.4 Å². The molecule has 0 heterocycles. The maximum absolute atomic E-state index is 13.1. The Hall–Kier alpha value is -2.10. The van der Waals surface area contributed by atoms with E-state index in [9.17, 15) is 8.78 Å². The fourth-order valence-corrected chi connectivity index (χ4v) is 2.30. The zero-order valence-electron chi connectivity index (χ0n) is 12.4. The number of anilines is 2. The zero-order chi connectivity index (χ0) is 15.2. The van der Waals surface area contributed by atoms with Crippen LogP contribution in [0.1, 0.15) is 19.4 Å². The van der Waals surface area contributed by atoms with Crippen molar-refractivity contribution in [3.05, 3.63) is 59.7 Å². The van der Waals surface area contributed by atoms with Crippen LogP contribution in [0.25, 0.3) is 0 Å². The van der Waals surface area contributed by atoms with E-state index in [0.717, 1.165) is 24.8 Å². The maximum Gasteiger partial charge on any atom is 0.126 e. The number of hydrogen-bond donors (Lipinski definition) is 1. The van der Waals surface area contributed by atoms with E-state index in [0.29, 0.717) is 12.1 Å². The minimum atomic E-state index is -0.552. The minimum absolute atomic E-state index is 0.388. The lowest BCUT2D eigenvalue weighted by molar-refractivity contribution is 0.580. The van der Waals surface area contributed by atoms with Crippen molar-refractivity contribution >= 4 is 11.4 Å². The molecule has 0 atom stereocenters. The van der Waals surface area contributed by atoms with Gasteiger partial charge in [-0.25, -0.2) is 8.78 Å². The van der Waals surface area contributed by atoms with E-state index in [1.165, 1.54) is 17.8 Å². The van der Waals surface area contributed by atoms with Gasteiger partial charge in [0, 0.05) is 37.1 Å². The molecule has 4 heteroatoms. The van der Waals surface area contributed by atoms with Crippen molar-refractivity contribution in [1.29, 1.82) is 0 Å². The lowest BCUT2D eigenvalue weighted by Gasteiger charge is -2.21. The standard InChI is InChI=1S/C17H20F2N2/c1-3-21(4-2)17-7-5-16(6-8-17)20-12-13-9-14(18)11-15(19)10-13/h5-11,20H,3-4,12H2,1-2H3. The van der Waals surface area contributed by atoms with Gasteiger partial charge in [0.1, 0.15) is 11.6 Å². The van der Waals surface area contributed by atoms with Gasteiger partial charge in [-0.05, 0) is 55.8 Å². The summed E-state index contributed by atoms with van der Waals surface area (Å²) in [5.41, 5.74) is 2.68. The van der Waals surface area contributed by atoms with E-state index in [-0.39, 0.29) is 0 Å². The summed E-state index contributed by atoms with van der Waals surface area (Å²) in [5, 5.41) is 3.17. The summed E-state index contributed by atoms with van der Waals surface area (Å²) in [6, 6.07) is 11.6. The molecular formula is C17H20F2N2. The van der Waals surface area contributed by atoms with Crippen LogP contribution in [0, 0.1) is 11.6 Å². The maximum atomic E-state index is 13.1. The van der Waals surface area contributed by atoms with Crippen LogP contribution < -0.4 is 10.2 Å². The van der Waals surface area contributed by atoms with Gasteiger partial charge in [-0.3, -0.25) is 0 Å². The summed E-state index contributed by atoms with van der Waals surface area (Å²) < 4.78 is 26.2. The predicted octanol–water partition coefficient (Wildman–Crippen LogP) is 4.42. The number of nitrogens with zero attached hydrogens (tertiary/aromatic N) is 1. The Morgan fingerprint density at radius 1 is 0.905 bits per heavy atom. The summed E-state index contributed by atoms with van der Waals surface area (Å²) in [6.45, 7) is 6.55. The first kappa shape index (κ1) is 15.3. The quantitative estimate of drug-likeness (QED) is 0.847. The van der Waals surface area contributed by atoms with Gasteiger partial charge < -0.3 is 10.2 Å². The number of nitrogens with one attached hydrogen (secondary N) is 1. The van der Waals surface area contributed by atoms with E-state index in [1.54, 1.807) is 0 Å². The molecule has 0 fully saturated rings. The van der Waals surface area contributed by atoms with Gasteiger partial charge in [-0.1, -0.05) is 0 Å². The van der Waals surface area contributed by atoms with Gasteiger partial charge >= 0.3 is 0 Å². The summed E-state index contributed by atoms with van der Waals surface area (Å²) in [6.07, 6.45) is 0. The molecule has 1 N–H and O–H groups in total. The second-order valence-electron chi connectivity index (χ2n) is 4.85. The molecule has 2 nitrogen and oxygen atoms in total. The van der Waals surface area contributed by atoms with Gasteiger partial charge in [0.05, 0.1) is 0 Å². The summed E-state index contributed by atoms with van der Waals surface area (Å²) in [7, 11) is 0. The molecule has 0 radical (unpaired) electrons. The molecule has 2 aromatic carbocycles. The molecule has 2 aromatic rings. The van der Waals surface area contributed by atoms with Gasteiger partial charge in [0.2, 0.25) is 0 Å². The van der Waals surface area contributed by atoms with Gasteiger partial charge in [0.25, 0.3) is 0 Å². The Balaban J connectivity index is 2.00. The second kappa shape index (κ2) is 7.07. The molecule has 0 amide bonds. The molecule has 2 rings (SSSR count). The predicted molar refractivity (Wildman–Crippen MR) is 83.7 cm³/mol. The highest BCUT2D eigenvalue weighted by Gasteiger charge is 2.03. The molecule has 0 saturated heterocycles. The van der Waals surface area contributed by atoms with E-state index in [2.05, 4.69) is 24.1 Å². The number of hydrogen-bond acceptors (Lipinski definition) is 2. The first-order valence-electron chi connectivity index (χ1n) is 7.16. The molecule has 0 aliphatic rings. The van der Waals surface area contributed by atoms with E-state index < -0.39 is 11.6 Å². The molecule has 0 bridgehead atoms. The first-order valence-corrected chi connectivity index (χ1v) is 7.16. The van der Waals surface area contributed by atoms with Crippen LogP contribution in [0.2, 0.25) is 0 Å². The van der Waals surface area contributed by atoms with Crippen LogP contribution in [-0.4, -0.2) is 13.1 Å². The Kier molecular flexibility index (Phi) is 5.14. The topological polar surface area (TPSA) is 15.3 Å². The van der Waals surface area contributed by atoms with Crippen molar-refractivity contribution < 1.29 is 8.78 Å².